The summed E-state index contributed by atoms with van der Waals surface area (Å²) in [6.45, 7) is 5.08. The van der Waals surface area contributed by atoms with Crippen molar-refractivity contribution in [1.82, 2.24) is 42.5 Å². The molecule has 21 N–H and O–H groups in total. The van der Waals surface area contributed by atoms with Gasteiger partial charge in [-0.05, 0) is 116 Å². The van der Waals surface area contributed by atoms with Crippen molar-refractivity contribution in [3.63, 3.8) is 0 Å². The number of benzene rings is 6. The predicted octanol–water partition coefficient (Wildman–Crippen LogP) is 1.41. The third-order valence-electron chi connectivity index (χ3n) is 20.0. The van der Waals surface area contributed by atoms with Crippen molar-refractivity contribution < 1.29 is 132 Å². The Kier molecular flexibility index (Phi) is 26.2. The minimum absolute atomic E-state index is 0.106. The Hall–Kier alpha value is -10.5. The Bertz CT molecular complexity index is 4660. The Morgan fingerprint density at radius 2 is 1.32 bits per heavy atom. The number of aliphatic carboxylic acids is 2. The molecule has 0 saturated carbocycles. The van der Waals surface area contributed by atoms with Crippen molar-refractivity contribution in [3.8, 4) is 57.1 Å². The first-order chi connectivity index (χ1) is 54.0. The Labute approximate surface area is 659 Å². The maximum absolute atomic E-state index is 16.2. The Balaban J connectivity index is 1.11. The quantitative estimate of drug-likeness (QED) is 0.0514. The number of likely N-dealkylation sites (N-methyl/N-ethyl adjacent to an activating group) is 1. The number of rotatable bonds is 20. The summed E-state index contributed by atoms with van der Waals surface area (Å²) in [6.07, 6.45) is -21.3. The number of carboxylic acid groups (broad SMARTS) is 2. The molecule has 6 aromatic carbocycles. The van der Waals surface area contributed by atoms with E-state index in [-0.39, 0.29) is 47.8 Å². The number of carbonyl (C=O) groups is 9. The van der Waals surface area contributed by atoms with E-state index in [1.54, 1.807) is 30.3 Å². The summed E-state index contributed by atoms with van der Waals surface area (Å²) in [6, 6.07) is 7.59. The Morgan fingerprint density at radius 1 is 0.693 bits per heavy atom. The SMILES string of the molecule is CN[C@H](CC(C)C)C(=O)NC1C(=O)N[C@@H](CC(N)=O)C(=O)N[C@H]2C(=O)NC3C(=O)N[C@H](C(=O)N[C@@H](C(=O)O)c4cc(O)cc(O)c4-c4cc3ccc4O)[C@H](O)c3ccc(c(Cl)c3)Oc3cc2cc(c3OC2OC(CO)C(O)C(O)C2OC2CC(C)(NCC(OCc3ccccc3)C(=O)O)C(O)C(C)O2)Oc2ccc(cc2Cl)[C@H]1O. The number of nitrogens with two attached hydrogens (primary N) is 1. The van der Waals surface area contributed by atoms with E-state index in [1.807, 2.05) is 13.8 Å². The number of primary amides is 1. The topological polar surface area (TPSA) is 563 Å². The zero-order valence-corrected chi connectivity index (χ0v) is 62.9. The number of carbonyl (C=O) groups excluding carboxylic acids is 7. The van der Waals surface area contributed by atoms with Crippen molar-refractivity contribution in [2.24, 2.45) is 11.7 Å². The molecule has 38 heteroatoms. The van der Waals surface area contributed by atoms with Crippen molar-refractivity contribution in [2.45, 2.75) is 169 Å². The minimum Gasteiger partial charge on any atom is -0.508 e. The van der Waals surface area contributed by atoms with Gasteiger partial charge in [0.25, 0.3) is 0 Å². The predicted molar refractivity (Wildman–Crippen MR) is 396 cm³/mol. The van der Waals surface area contributed by atoms with E-state index in [4.69, 9.17) is 62.1 Å². The molecule has 0 radical (unpaired) electrons. The molecule has 11 bridgehead atoms. The molecule has 0 spiro atoms. The number of amides is 7. The van der Waals surface area contributed by atoms with Crippen LogP contribution >= 0.6 is 23.2 Å². The number of aliphatic hydroxyl groups excluding tert-OH is 6. The van der Waals surface area contributed by atoms with Gasteiger partial charge in [-0.1, -0.05) is 85.6 Å². The number of phenols is 3. The molecular weight excluding hydrogens is 1540 g/mol. The summed E-state index contributed by atoms with van der Waals surface area (Å²) < 4.78 is 44.8. The van der Waals surface area contributed by atoms with Crippen LogP contribution in [0, 0.1) is 5.92 Å². The molecular formula is C76H85Cl2N9O27. The van der Waals surface area contributed by atoms with Crippen LogP contribution in [0.2, 0.25) is 10.0 Å². The monoisotopic (exact) mass is 1630 g/mol. The summed E-state index contributed by atoms with van der Waals surface area (Å²) in [5, 5.41) is 146. The standard InChI is InChI=1S/C76H85Cl2N9O27/c1-30(2)17-42(80-5)67(98)86-58-60(93)34-12-15-46(40(77)19-34)110-48-21-36-22-49(64(48)114-75-65(63(96)62(95)51(28-88)112-75)113-53-26-76(4,66(97)31(3)109-53)81-27-50(73(104)105)108-29-32-9-7-6-8-10-32)111-47-16-13-35(20-41(47)78)61(94)59-72(103)85-57(74(106)107)39-23-37(89)24-45(91)54(39)38-18-33(11-14-44(38)90)55(69(100)87-59)84-70(101)56(36)83-68(99)43(25-52(79)92)82-71(58)102/h6-16,18-24,30-31,42-43,50-51,53,55-63,65-66,75,80-81,88-91,93-97H,17,25-29H2,1-5H3,(H2,79,92)(H,82,102)(H,83,99)(H,84,101)(H,85,103)(H,86,98)(H,87,100)(H,104,105)(H,106,107)/t31?,42-,43+,50?,51?,53?,55?,56-,57-,58?,59+,60-,61-,62?,63?,65?,66?,75?,76?/m1/s1. The first-order valence-electron chi connectivity index (χ1n) is 35.8. The first kappa shape index (κ1) is 84.4. The molecule has 12 unspecified atom stereocenters. The van der Waals surface area contributed by atoms with Crippen molar-refractivity contribution >= 4 is 76.5 Å². The molecule has 7 aliphatic heterocycles. The number of aliphatic hydroxyl groups is 6. The van der Waals surface area contributed by atoms with E-state index >= 15 is 14.4 Å². The fraction of sp³-hybridized carbons (Fsp3) is 0.408. The molecule has 13 rings (SSSR count). The van der Waals surface area contributed by atoms with Crippen LogP contribution in [0.1, 0.15) is 111 Å². The third-order valence-corrected chi connectivity index (χ3v) is 20.6. The second kappa shape index (κ2) is 35.5. The van der Waals surface area contributed by atoms with E-state index in [9.17, 15) is 84.9 Å². The number of fused-ring (bicyclic) bond motifs is 15. The highest BCUT2D eigenvalue weighted by molar-refractivity contribution is 6.32. The average molecular weight is 1630 g/mol. The molecule has 2 saturated heterocycles. The fourth-order valence-corrected chi connectivity index (χ4v) is 14.4. The minimum atomic E-state index is -2.39. The smallest absolute Gasteiger partial charge is 0.334 e. The molecule has 7 amide bonds. The summed E-state index contributed by atoms with van der Waals surface area (Å²) >= 11 is 14.2. The van der Waals surface area contributed by atoms with E-state index in [0.29, 0.717) is 5.56 Å². The lowest BCUT2D eigenvalue weighted by Gasteiger charge is -2.48. The van der Waals surface area contributed by atoms with Gasteiger partial charge in [0, 0.05) is 41.3 Å². The van der Waals surface area contributed by atoms with E-state index < -0.39 is 261 Å². The van der Waals surface area contributed by atoms with Crippen LogP contribution in [0.15, 0.2) is 109 Å². The van der Waals surface area contributed by atoms with Gasteiger partial charge in [0.15, 0.2) is 36.0 Å². The fourth-order valence-electron chi connectivity index (χ4n) is 14.0. The number of carboxylic acids is 2. The maximum atomic E-state index is 16.2. The number of aromatic hydroxyl groups is 3. The molecule has 7 heterocycles. The van der Waals surface area contributed by atoms with Gasteiger partial charge in [0.2, 0.25) is 53.4 Å². The normalized spacial score (nSPS) is 27.6. The summed E-state index contributed by atoms with van der Waals surface area (Å²) in [4.78, 5) is 130. The van der Waals surface area contributed by atoms with Crippen LogP contribution in [0.4, 0.5) is 0 Å². The van der Waals surface area contributed by atoms with Gasteiger partial charge in [-0.3, -0.25) is 33.6 Å². The lowest BCUT2D eigenvalue weighted by molar-refractivity contribution is -0.334. The number of hydrogen-bond acceptors (Lipinski definition) is 27. The lowest BCUT2D eigenvalue weighted by atomic mass is 9.84. The second-order valence-electron chi connectivity index (χ2n) is 28.6. The van der Waals surface area contributed by atoms with Gasteiger partial charge in [0.05, 0.1) is 47.9 Å². The number of nitrogens with one attached hydrogen (secondary N) is 8. The molecule has 610 valence electrons. The zero-order valence-electron chi connectivity index (χ0n) is 61.4. The van der Waals surface area contributed by atoms with E-state index in [1.165, 1.54) is 33.0 Å². The number of ether oxygens (including phenoxy) is 7. The molecule has 2 fully saturated rings. The lowest BCUT2D eigenvalue weighted by Crippen LogP contribution is -2.66. The molecule has 114 heavy (non-hydrogen) atoms. The van der Waals surface area contributed by atoms with Gasteiger partial charge in [-0.15, -0.1) is 0 Å². The molecule has 19 atom stereocenters. The van der Waals surface area contributed by atoms with Crippen molar-refractivity contribution in [3.05, 3.63) is 153 Å². The second-order valence-corrected chi connectivity index (χ2v) is 29.4. The number of hydrogen-bond donors (Lipinski definition) is 20. The maximum Gasteiger partial charge on any atom is 0.334 e. The van der Waals surface area contributed by atoms with Crippen LogP contribution in [0.25, 0.3) is 11.1 Å². The highest BCUT2D eigenvalue weighted by atomic mass is 35.5. The van der Waals surface area contributed by atoms with Crippen LogP contribution in [-0.4, -0.2) is 215 Å². The summed E-state index contributed by atoms with van der Waals surface area (Å²) in [5.41, 5.74) is 1.91. The molecule has 0 aromatic heterocycles. The van der Waals surface area contributed by atoms with Crippen molar-refractivity contribution in [1.29, 1.82) is 0 Å². The molecule has 36 nitrogen and oxygen atoms in total. The van der Waals surface area contributed by atoms with Gasteiger partial charge < -0.3 is 138 Å². The van der Waals surface area contributed by atoms with Gasteiger partial charge in [-0.25, -0.2) is 9.59 Å². The van der Waals surface area contributed by atoms with Crippen LogP contribution in [0.3, 0.4) is 0 Å². The highest BCUT2D eigenvalue weighted by Crippen LogP contribution is 2.50. The Morgan fingerprint density at radius 3 is 1.92 bits per heavy atom. The van der Waals surface area contributed by atoms with Gasteiger partial charge in [-0.2, -0.15) is 0 Å². The zero-order chi connectivity index (χ0) is 82.6. The summed E-state index contributed by atoms with van der Waals surface area (Å²) in [7, 11) is 1.46. The molecule has 0 aliphatic carbocycles. The van der Waals surface area contributed by atoms with Crippen LogP contribution < -0.4 is 62.5 Å². The van der Waals surface area contributed by atoms with E-state index in [2.05, 4.69) is 42.5 Å². The average Bonchev–Trinajstić information content (AvgIpc) is 0.762. The van der Waals surface area contributed by atoms with Crippen molar-refractivity contribution in [2.75, 3.05) is 20.2 Å². The van der Waals surface area contributed by atoms with Gasteiger partial charge >= 0.3 is 11.9 Å². The largest absolute Gasteiger partial charge is 0.508 e. The van der Waals surface area contributed by atoms with Crippen LogP contribution in [-0.2, 0) is 68.7 Å². The third kappa shape index (κ3) is 18.6. The number of halogens is 2. The molecule has 6 aromatic rings. The summed E-state index contributed by atoms with van der Waals surface area (Å²) in [5.74, 6) is -17.8. The van der Waals surface area contributed by atoms with Gasteiger partial charge in [0.1, 0.15) is 89.5 Å². The number of phenolic OH excluding ortho intramolecular Hbond substituents is 3. The highest BCUT2D eigenvalue weighted by Gasteiger charge is 2.53. The van der Waals surface area contributed by atoms with E-state index in [0.717, 1.165) is 66.7 Å². The first-order valence-corrected chi connectivity index (χ1v) is 36.6. The molecule has 7 aliphatic rings. The van der Waals surface area contributed by atoms with Crippen LogP contribution in [0.5, 0.6) is 46.0 Å².